The van der Waals surface area contributed by atoms with Crippen LogP contribution in [0.25, 0.3) is 0 Å². The zero-order valence-corrected chi connectivity index (χ0v) is 41.3. The first kappa shape index (κ1) is 61.6. The van der Waals surface area contributed by atoms with Gasteiger partial charge in [0, 0.05) is 12.8 Å². The molecule has 0 saturated heterocycles. The van der Waals surface area contributed by atoms with E-state index in [1.165, 1.54) is 38.5 Å². The first-order valence-corrected chi connectivity index (χ1v) is 26.3. The summed E-state index contributed by atoms with van der Waals surface area (Å²) >= 11 is 0. The van der Waals surface area contributed by atoms with Crippen molar-refractivity contribution in [3.05, 3.63) is 109 Å². The van der Waals surface area contributed by atoms with Crippen molar-refractivity contribution in [1.29, 1.82) is 0 Å². The molecule has 370 valence electrons. The van der Waals surface area contributed by atoms with Crippen molar-refractivity contribution < 1.29 is 47.8 Å². The number of hydrogen-bond donors (Lipinski definition) is 3. The molecule has 0 amide bonds. The van der Waals surface area contributed by atoms with Crippen molar-refractivity contribution in [2.75, 3.05) is 26.4 Å². The van der Waals surface area contributed by atoms with E-state index in [1.54, 1.807) is 0 Å². The van der Waals surface area contributed by atoms with Crippen molar-refractivity contribution in [3.63, 3.8) is 0 Å². The zero-order chi connectivity index (χ0) is 47.6. The Bertz CT molecular complexity index is 1440. The number of ether oxygens (including phenoxy) is 2. The highest BCUT2D eigenvalue weighted by Crippen LogP contribution is 2.43. The molecule has 0 aliphatic rings. The van der Waals surface area contributed by atoms with Gasteiger partial charge in [0.25, 0.3) is 0 Å². The van der Waals surface area contributed by atoms with Gasteiger partial charge in [-0.25, -0.2) is 4.57 Å². The molecule has 0 aliphatic heterocycles. The van der Waals surface area contributed by atoms with Gasteiger partial charge in [0.15, 0.2) is 6.10 Å². The van der Waals surface area contributed by atoms with Crippen molar-refractivity contribution in [2.24, 2.45) is 0 Å². The Labute approximate surface area is 395 Å². The average molecular weight is 929 g/mol. The summed E-state index contributed by atoms with van der Waals surface area (Å²) in [4.78, 5) is 35.2. The Morgan fingerprint density at radius 3 is 1.22 bits per heavy atom. The third kappa shape index (κ3) is 48.4. The lowest BCUT2D eigenvalue weighted by Crippen LogP contribution is -2.29. The molecule has 65 heavy (non-hydrogen) atoms. The molecule has 0 spiro atoms. The van der Waals surface area contributed by atoms with E-state index in [1.807, 2.05) is 0 Å². The number of phosphoric ester groups is 1. The fraction of sp³-hybridized carbons (Fsp3) is 0.630. The topological polar surface area (TPSA) is 149 Å². The number of aliphatic hydroxyl groups is 2. The van der Waals surface area contributed by atoms with Gasteiger partial charge in [-0.05, 0) is 96.3 Å². The number of phosphoric acid groups is 1. The summed E-state index contributed by atoms with van der Waals surface area (Å²) in [6, 6.07) is 0. The minimum absolute atomic E-state index is 0.138. The van der Waals surface area contributed by atoms with Crippen LogP contribution in [0.5, 0.6) is 0 Å². The van der Waals surface area contributed by atoms with Crippen LogP contribution < -0.4 is 0 Å². The number of rotatable bonds is 45. The molecule has 0 aromatic rings. The van der Waals surface area contributed by atoms with E-state index in [2.05, 4.69) is 123 Å². The van der Waals surface area contributed by atoms with E-state index in [0.29, 0.717) is 12.8 Å². The average Bonchev–Trinajstić information content (AvgIpc) is 3.30. The van der Waals surface area contributed by atoms with Crippen molar-refractivity contribution in [1.82, 2.24) is 0 Å². The molecule has 3 atom stereocenters. The summed E-state index contributed by atoms with van der Waals surface area (Å²) in [7, 11) is -4.64. The maximum absolute atomic E-state index is 12.7. The quantitative estimate of drug-likeness (QED) is 0.0233. The maximum atomic E-state index is 12.7. The van der Waals surface area contributed by atoms with E-state index in [-0.39, 0.29) is 19.4 Å². The molecule has 0 heterocycles. The van der Waals surface area contributed by atoms with Gasteiger partial charge in [0.2, 0.25) is 0 Å². The Morgan fingerprint density at radius 1 is 0.462 bits per heavy atom. The fourth-order valence-corrected chi connectivity index (χ4v) is 6.98. The Balaban J connectivity index is 4.28. The van der Waals surface area contributed by atoms with E-state index in [0.717, 1.165) is 103 Å². The van der Waals surface area contributed by atoms with Gasteiger partial charge in [-0.2, -0.15) is 0 Å². The summed E-state index contributed by atoms with van der Waals surface area (Å²) in [6.45, 7) is 2.10. The van der Waals surface area contributed by atoms with Crippen molar-refractivity contribution >= 4 is 19.8 Å². The summed E-state index contributed by atoms with van der Waals surface area (Å²) in [5.74, 6) is -0.975. The zero-order valence-electron chi connectivity index (χ0n) is 40.4. The minimum atomic E-state index is -4.64. The van der Waals surface area contributed by atoms with Crippen LogP contribution in [0, 0.1) is 0 Å². The molecular weight excluding hydrogens is 840 g/mol. The number of hydrogen-bond acceptors (Lipinski definition) is 9. The van der Waals surface area contributed by atoms with E-state index in [9.17, 15) is 24.2 Å². The number of allylic oxidation sites excluding steroid dienone is 18. The molecule has 0 aliphatic carbocycles. The summed E-state index contributed by atoms with van der Waals surface area (Å²) in [5.41, 5.74) is 0. The molecule has 0 bridgehead atoms. The Morgan fingerprint density at radius 2 is 0.800 bits per heavy atom. The molecule has 0 radical (unpaired) electrons. The highest BCUT2D eigenvalue weighted by molar-refractivity contribution is 7.47. The van der Waals surface area contributed by atoms with Gasteiger partial charge in [-0.3, -0.25) is 18.6 Å². The minimum Gasteiger partial charge on any atom is -0.462 e. The molecule has 0 aromatic carbocycles. The lowest BCUT2D eigenvalue weighted by atomic mass is 10.1. The van der Waals surface area contributed by atoms with E-state index >= 15 is 0 Å². The number of unbranched alkanes of at least 4 members (excludes halogenated alkanes) is 13. The molecular formula is C54H89O10P. The van der Waals surface area contributed by atoms with Crippen LogP contribution >= 0.6 is 7.82 Å². The van der Waals surface area contributed by atoms with Crippen LogP contribution in [0.15, 0.2) is 109 Å². The van der Waals surface area contributed by atoms with Crippen molar-refractivity contribution in [3.8, 4) is 0 Å². The standard InChI is InChI=1S/C54H89O10P/c1-3-5-7-9-11-13-15-17-19-21-23-24-25-26-28-29-31-33-35-37-39-41-43-45-53(57)61-49-52(50-63-65(59,60)62-48-51(56)47-55)64-54(58)46-44-42-40-38-36-34-32-30-27-22-20-18-16-14-12-10-8-6-4-2/h5-8,11-14,17-20,23-24,27,30,34,36,51-52,55-56H,3-4,9-10,15-16,21-22,25-26,28-29,31-33,35,37-50H2,1-2H3,(H,59,60)/b7-5-,8-6-,13-11-,14-12-,19-17-,20-18-,24-23-,30-27-,36-34-. The maximum Gasteiger partial charge on any atom is 0.472 e. The normalized spacial score (nSPS) is 14.6. The first-order valence-electron chi connectivity index (χ1n) is 24.8. The summed E-state index contributed by atoms with van der Waals surface area (Å²) < 4.78 is 32.8. The highest BCUT2D eigenvalue weighted by atomic mass is 31.2. The van der Waals surface area contributed by atoms with Gasteiger partial charge in [-0.1, -0.05) is 181 Å². The van der Waals surface area contributed by atoms with Crippen molar-refractivity contribution in [2.45, 2.75) is 193 Å². The predicted molar refractivity (Wildman–Crippen MR) is 269 cm³/mol. The predicted octanol–water partition coefficient (Wildman–Crippen LogP) is 14.1. The van der Waals surface area contributed by atoms with E-state index in [4.69, 9.17) is 23.6 Å². The summed E-state index contributed by atoms with van der Waals surface area (Å²) in [5, 5.41) is 18.4. The Kier molecular flexibility index (Phi) is 46.0. The second-order valence-electron chi connectivity index (χ2n) is 16.1. The fourth-order valence-electron chi connectivity index (χ4n) is 6.19. The second-order valence-corrected chi connectivity index (χ2v) is 17.5. The summed E-state index contributed by atoms with van der Waals surface area (Å²) in [6.07, 6.45) is 61.9. The second kappa shape index (κ2) is 48.6. The molecule has 3 N–H and O–H groups in total. The van der Waals surface area contributed by atoms with Gasteiger partial charge in [0.1, 0.15) is 12.7 Å². The Hall–Kier alpha value is -3.37. The van der Waals surface area contributed by atoms with Crippen LogP contribution in [0.2, 0.25) is 0 Å². The van der Waals surface area contributed by atoms with Gasteiger partial charge in [0.05, 0.1) is 19.8 Å². The third-order valence-corrected chi connectivity index (χ3v) is 10.9. The number of esters is 2. The first-order chi connectivity index (χ1) is 31.7. The third-order valence-electron chi connectivity index (χ3n) is 9.92. The van der Waals surface area contributed by atoms with Crippen LogP contribution in [-0.4, -0.2) is 65.7 Å². The van der Waals surface area contributed by atoms with Crippen LogP contribution in [-0.2, 0) is 32.7 Å². The highest BCUT2D eigenvalue weighted by Gasteiger charge is 2.27. The number of carbonyl (C=O) groups is 2. The lowest BCUT2D eigenvalue weighted by molar-refractivity contribution is -0.161. The molecule has 0 rings (SSSR count). The smallest absolute Gasteiger partial charge is 0.462 e. The van der Waals surface area contributed by atoms with E-state index < -0.39 is 51.8 Å². The number of aliphatic hydroxyl groups excluding tert-OH is 2. The molecule has 0 saturated carbocycles. The van der Waals surface area contributed by atoms with Gasteiger partial charge in [-0.15, -0.1) is 0 Å². The molecule has 10 nitrogen and oxygen atoms in total. The van der Waals surface area contributed by atoms with Crippen LogP contribution in [0.4, 0.5) is 0 Å². The van der Waals surface area contributed by atoms with Gasteiger partial charge >= 0.3 is 19.8 Å². The molecule has 11 heteroatoms. The molecule has 0 aromatic heterocycles. The largest absolute Gasteiger partial charge is 0.472 e. The van der Waals surface area contributed by atoms with Gasteiger partial charge < -0.3 is 24.6 Å². The van der Waals surface area contributed by atoms with Crippen LogP contribution in [0.3, 0.4) is 0 Å². The molecule has 0 fully saturated rings. The van der Waals surface area contributed by atoms with Crippen LogP contribution in [0.1, 0.15) is 181 Å². The lowest BCUT2D eigenvalue weighted by Gasteiger charge is -2.20. The SMILES string of the molecule is CC/C=C\C/C=C\C/C=C\C/C=C\C/C=C\CCCCCC(=O)OC(COC(=O)CCCCCCCCCCCC/C=C\C/C=C\C/C=C\C/C=C\CC)COP(=O)(O)OCC(O)CO. The molecule has 3 unspecified atom stereocenters. The monoisotopic (exact) mass is 929 g/mol. The number of carbonyl (C=O) groups excluding carboxylic acids is 2.